The number of rotatable bonds is 6. The molecule has 8 heteroatoms. The van der Waals surface area contributed by atoms with Crippen LogP contribution in [0.3, 0.4) is 0 Å². The number of sulfonamides is 1. The molecule has 7 nitrogen and oxygen atoms in total. The van der Waals surface area contributed by atoms with Crippen LogP contribution >= 0.6 is 0 Å². The molecule has 0 unspecified atom stereocenters. The Labute approximate surface area is 164 Å². The van der Waals surface area contributed by atoms with E-state index < -0.39 is 27.5 Å². The average molecular weight is 407 g/mol. The topological polar surface area (TPSA) is 104 Å². The summed E-state index contributed by atoms with van der Waals surface area (Å²) in [4.78, 5) is 11.9. The van der Waals surface area contributed by atoms with Gasteiger partial charge in [-0.2, -0.15) is 4.31 Å². The Morgan fingerprint density at radius 3 is 2.54 bits per heavy atom. The van der Waals surface area contributed by atoms with Gasteiger partial charge in [0, 0.05) is 13.1 Å². The van der Waals surface area contributed by atoms with Crippen molar-refractivity contribution in [3.63, 3.8) is 0 Å². The van der Waals surface area contributed by atoms with Gasteiger partial charge in [0.15, 0.2) is 0 Å². The van der Waals surface area contributed by atoms with Crippen LogP contribution in [0.25, 0.3) is 10.8 Å². The van der Waals surface area contributed by atoms with Gasteiger partial charge in [-0.15, -0.1) is 0 Å². The van der Waals surface area contributed by atoms with E-state index in [0.29, 0.717) is 18.6 Å². The quantitative estimate of drug-likeness (QED) is 0.762. The molecule has 1 saturated heterocycles. The highest BCUT2D eigenvalue weighted by molar-refractivity contribution is 7.89. The van der Waals surface area contributed by atoms with Crippen LogP contribution in [0.5, 0.6) is 5.75 Å². The summed E-state index contributed by atoms with van der Waals surface area (Å²) >= 11 is 0. The number of aliphatic hydroxyl groups excluding tert-OH is 1. The molecule has 0 saturated carbocycles. The zero-order chi connectivity index (χ0) is 20.5. The van der Waals surface area contributed by atoms with Crippen LogP contribution in [-0.4, -0.2) is 55.2 Å². The third-order valence-corrected chi connectivity index (χ3v) is 7.46. The molecule has 1 aliphatic rings. The molecule has 0 amide bonds. The molecule has 3 rings (SSSR count). The van der Waals surface area contributed by atoms with E-state index in [0.717, 1.165) is 10.8 Å². The van der Waals surface area contributed by atoms with Gasteiger partial charge in [0.05, 0.1) is 23.5 Å². The van der Waals surface area contributed by atoms with E-state index in [2.05, 4.69) is 0 Å². The lowest BCUT2D eigenvalue weighted by Gasteiger charge is -2.42. The third kappa shape index (κ3) is 3.47. The molecule has 1 fully saturated rings. The number of nitrogens with zero attached hydrogens (tertiary/aromatic N) is 1. The van der Waals surface area contributed by atoms with Crippen LogP contribution in [0.4, 0.5) is 0 Å². The molecular weight excluding hydrogens is 382 g/mol. The van der Waals surface area contributed by atoms with Gasteiger partial charge < -0.3 is 14.9 Å². The third-order valence-electron chi connectivity index (χ3n) is 5.60. The van der Waals surface area contributed by atoms with E-state index in [-0.39, 0.29) is 24.4 Å². The van der Waals surface area contributed by atoms with Crippen LogP contribution in [0.15, 0.2) is 41.3 Å². The maximum Gasteiger partial charge on any atom is 0.312 e. The minimum absolute atomic E-state index is 0.0618. The molecule has 2 aromatic carbocycles. The van der Waals surface area contributed by atoms with Crippen molar-refractivity contribution in [2.45, 2.75) is 37.2 Å². The van der Waals surface area contributed by atoms with Gasteiger partial charge in [-0.25, -0.2) is 8.42 Å². The molecule has 2 aromatic rings. The minimum Gasteiger partial charge on any atom is -0.497 e. The predicted octanol–water partition coefficient (Wildman–Crippen LogP) is 2.47. The standard InChI is InChI=1S/C20H25NO6S/c1-3-8-20(19(23)24)9-10-21(13-18(20)22)28(25,26)17-7-5-14-11-16(27-2)6-4-15(14)12-17/h4-7,11-12,18,22H,3,8-10,13H2,1-2H3,(H,23,24)/t18-,20-/m0/s1. The van der Waals surface area contributed by atoms with Gasteiger partial charge in [0.2, 0.25) is 10.0 Å². The molecule has 0 spiro atoms. The second kappa shape index (κ2) is 7.69. The van der Waals surface area contributed by atoms with Gasteiger partial charge in [-0.1, -0.05) is 25.5 Å². The van der Waals surface area contributed by atoms with Crippen molar-refractivity contribution >= 4 is 26.8 Å². The number of aliphatic hydroxyl groups is 1. The number of carbonyl (C=O) groups is 1. The van der Waals surface area contributed by atoms with Crippen molar-refractivity contribution < 1.29 is 28.2 Å². The summed E-state index contributed by atoms with van der Waals surface area (Å²) in [5.74, 6) is -0.387. The van der Waals surface area contributed by atoms with E-state index in [1.807, 2.05) is 13.0 Å². The number of ether oxygens (including phenoxy) is 1. The van der Waals surface area contributed by atoms with Crippen LogP contribution in [0, 0.1) is 5.41 Å². The van der Waals surface area contributed by atoms with Crippen LogP contribution in [0.2, 0.25) is 0 Å². The first kappa shape index (κ1) is 20.6. The van der Waals surface area contributed by atoms with Crippen LogP contribution < -0.4 is 4.74 Å². The van der Waals surface area contributed by atoms with E-state index >= 15 is 0 Å². The molecule has 152 valence electrons. The highest BCUT2D eigenvalue weighted by atomic mass is 32.2. The van der Waals surface area contributed by atoms with Crippen LogP contribution in [0.1, 0.15) is 26.2 Å². The molecular formula is C20H25NO6S. The molecule has 0 aliphatic carbocycles. The van der Waals surface area contributed by atoms with Crippen molar-refractivity contribution in [1.82, 2.24) is 4.31 Å². The number of carboxylic acid groups (broad SMARTS) is 1. The van der Waals surface area contributed by atoms with Crippen molar-refractivity contribution in [3.05, 3.63) is 36.4 Å². The number of β-amino-alcohol motifs (C(OH)–C–C–N with tert-alkyl or cyclic N) is 1. The van der Waals surface area contributed by atoms with E-state index in [4.69, 9.17) is 4.74 Å². The number of benzene rings is 2. The highest BCUT2D eigenvalue weighted by Gasteiger charge is 2.49. The lowest BCUT2D eigenvalue weighted by Crippen LogP contribution is -2.55. The normalized spacial score (nSPS) is 23.6. The zero-order valence-corrected chi connectivity index (χ0v) is 16.8. The fourth-order valence-corrected chi connectivity index (χ4v) is 5.38. The Morgan fingerprint density at radius 1 is 1.25 bits per heavy atom. The highest BCUT2D eigenvalue weighted by Crippen LogP contribution is 2.38. The fourth-order valence-electron chi connectivity index (χ4n) is 3.90. The summed E-state index contributed by atoms with van der Waals surface area (Å²) in [5.41, 5.74) is -1.29. The van der Waals surface area contributed by atoms with Gasteiger partial charge >= 0.3 is 5.97 Å². The maximum absolute atomic E-state index is 13.1. The number of hydrogen-bond donors (Lipinski definition) is 2. The monoisotopic (exact) mass is 407 g/mol. The Bertz CT molecular complexity index is 989. The molecule has 0 radical (unpaired) electrons. The number of fused-ring (bicyclic) bond motifs is 1. The van der Waals surface area contributed by atoms with Gasteiger partial charge in [-0.05, 0) is 47.9 Å². The molecule has 1 heterocycles. The van der Waals surface area contributed by atoms with Crippen LogP contribution in [-0.2, 0) is 14.8 Å². The largest absolute Gasteiger partial charge is 0.497 e. The first-order chi connectivity index (χ1) is 13.2. The first-order valence-electron chi connectivity index (χ1n) is 9.24. The Balaban J connectivity index is 1.89. The Morgan fingerprint density at radius 2 is 1.93 bits per heavy atom. The number of carboxylic acids is 1. The van der Waals surface area contributed by atoms with E-state index in [1.165, 1.54) is 10.4 Å². The van der Waals surface area contributed by atoms with Crippen molar-refractivity contribution in [2.75, 3.05) is 20.2 Å². The van der Waals surface area contributed by atoms with Crippen molar-refractivity contribution in [1.29, 1.82) is 0 Å². The Hall–Kier alpha value is -2.16. The molecule has 1 aliphatic heterocycles. The number of aliphatic carboxylic acids is 1. The predicted molar refractivity (Wildman–Crippen MR) is 105 cm³/mol. The fraction of sp³-hybridized carbons (Fsp3) is 0.450. The smallest absolute Gasteiger partial charge is 0.312 e. The lowest BCUT2D eigenvalue weighted by atomic mass is 9.73. The van der Waals surface area contributed by atoms with Gasteiger partial charge in [0.1, 0.15) is 5.75 Å². The van der Waals surface area contributed by atoms with E-state index in [1.54, 1.807) is 31.4 Å². The Kier molecular flexibility index (Phi) is 5.65. The SMILES string of the molecule is CCC[C@]1(C(=O)O)CCN(S(=O)(=O)c2ccc3cc(OC)ccc3c2)C[C@@H]1O. The van der Waals surface area contributed by atoms with Crippen molar-refractivity contribution in [3.8, 4) is 5.75 Å². The summed E-state index contributed by atoms with van der Waals surface area (Å²) in [6.45, 7) is 1.69. The first-order valence-corrected chi connectivity index (χ1v) is 10.7. The maximum atomic E-state index is 13.1. The van der Waals surface area contributed by atoms with Crippen molar-refractivity contribution in [2.24, 2.45) is 5.41 Å². The second-order valence-electron chi connectivity index (χ2n) is 7.22. The molecule has 0 bridgehead atoms. The summed E-state index contributed by atoms with van der Waals surface area (Å²) in [6.07, 6.45) is -0.251. The summed E-state index contributed by atoms with van der Waals surface area (Å²) in [6, 6.07) is 10.2. The number of hydrogen-bond acceptors (Lipinski definition) is 5. The lowest BCUT2D eigenvalue weighted by molar-refractivity contribution is -0.162. The average Bonchev–Trinajstić information content (AvgIpc) is 2.68. The molecule has 28 heavy (non-hydrogen) atoms. The van der Waals surface area contributed by atoms with Gasteiger partial charge in [-0.3, -0.25) is 4.79 Å². The minimum atomic E-state index is -3.84. The van der Waals surface area contributed by atoms with Gasteiger partial charge in [0.25, 0.3) is 0 Å². The number of piperidine rings is 1. The number of methoxy groups -OCH3 is 1. The summed E-state index contributed by atoms with van der Waals surface area (Å²) in [7, 11) is -2.28. The second-order valence-corrected chi connectivity index (χ2v) is 9.15. The molecule has 2 atom stereocenters. The van der Waals surface area contributed by atoms with E-state index in [9.17, 15) is 23.4 Å². The molecule has 0 aromatic heterocycles. The summed E-state index contributed by atoms with van der Waals surface area (Å²) < 4.78 is 32.5. The zero-order valence-electron chi connectivity index (χ0n) is 16.0. The molecule has 2 N–H and O–H groups in total. The summed E-state index contributed by atoms with van der Waals surface area (Å²) in [5, 5.41) is 21.8.